The number of rotatable bonds is 3. The largest absolute Gasteiger partial charge is 0.399 e. The summed E-state index contributed by atoms with van der Waals surface area (Å²) in [6.45, 7) is 1.31. The van der Waals surface area contributed by atoms with Crippen molar-refractivity contribution in [3.8, 4) is 0 Å². The van der Waals surface area contributed by atoms with Crippen LogP contribution in [0.3, 0.4) is 0 Å². The number of benzene rings is 1. The van der Waals surface area contributed by atoms with Gasteiger partial charge in [-0.05, 0) is 43.9 Å². The van der Waals surface area contributed by atoms with E-state index in [0.717, 1.165) is 25.7 Å². The minimum absolute atomic E-state index is 0.0115. The second kappa shape index (κ2) is 8.23. The second-order valence-corrected chi connectivity index (χ2v) is 7.14. The SMILES string of the molecule is Nc1cccc(C(=O)N2CCC(NC(=O)NC3CCCCC3)CC2)c1. The number of amides is 3. The zero-order chi connectivity index (χ0) is 17.6. The number of nitrogens with zero attached hydrogens (tertiary/aromatic N) is 1. The number of hydrogen-bond acceptors (Lipinski definition) is 3. The highest BCUT2D eigenvalue weighted by atomic mass is 16.2. The molecule has 1 saturated carbocycles. The Bertz CT molecular complexity index is 605. The lowest BCUT2D eigenvalue weighted by molar-refractivity contribution is 0.0708. The lowest BCUT2D eigenvalue weighted by Gasteiger charge is -2.33. The smallest absolute Gasteiger partial charge is 0.315 e. The van der Waals surface area contributed by atoms with Crippen LogP contribution in [0.4, 0.5) is 10.5 Å². The second-order valence-electron chi connectivity index (χ2n) is 7.14. The molecule has 0 bridgehead atoms. The molecule has 0 radical (unpaired) electrons. The number of urea groups is 1. The molecule has 25 heavy (non-hydrogen) atoms. The summed E-state index contributed by atoms with van der Waals surface area (Å²) in [4.78, 5) is 26.5. The summed E-state index contributed by atoms with van der Waals surface area (Å²) in [7, 11) is 0. The monoisotopic (exact) mass is 344 g/mol. The van der Waals surface area contributed by atoms with Gasteiger partial charge in [0.2, 0.25) is 0 Å². The zero-order valence-corrected chi connectivity index (χ0v) is 14.7. The molecule has 2 aliphatic rings. The molecule has 6 heteroatoms. The van der Waals surface area contributed by atoms with Crippen molar-refractivity contribution in [1.82, 2.24) is 15.5 Å². The van der Waals surface area contributed by atoms with Crippen molar-refractivity contribution >= 4 is 17.6 Å². The number of carbonyl (C=O) groups excluding carboxylic acids is 2. The molecular formula is C19H28N4O2. The van der Waals surface area contributed by atoms with E-state index in [1.807, 2.05) is 4.90 Å². The normalized spacial score (nSPS) is 19.4. The number of nitrogen functional groups attached to an aromatic ring is 1. The Morgan fingerprint density at radius 2 is 1.60 bits per heavy atom. The Kier molecular flexibility index (Phi) is 5.79. The molecule has 0 atom stereocenters. The van der Waals surface area contributed by atoms with Crippen molar-refractivity contribution < 1.29 is 9.59 Å². The van der Waals surface area contributed by atoms with Crippen LogP contribution in [0.25, 0.3) is 0 Å². The van der Waals surface area contributed by atoms with Crippen LogP contribution in [0.2, 0.25) is 0 Å². The van der Waals surface area contributed by atoms with Crippen LogP contribution in [0, 0.1) is 0 Å². The number of likely N-dealkylation sites (tertiary alicyclic amines) is 1. The summed E-state index contributed by atoms with van der Waals surface area (Å²) < 4.78 is 0. The predicted molar refractivity (Wildman–Crippen MR) is 98.3 cm³/mol. The molecule has 0 aromatic heterocycles. The molecule has 2 fully saturated rings. The molecule has 4 N–H and O–H groups in total. The van der Waals surface area contributed by atoms with Crippen LogP contribution in [0.5, 0.6) is 0 Å². The molecule has 1 aromatic carbocycles. The number of carbonyl (C=O) groups is 2. The first-order chi connectivity index (χ1) is 12.1. The fourth-order valence-electron chi connectivity index (χ4n) is 3.74. The first kappa shape index (κ1) is 17.6. The fraction of sp³-hybridized carbons (Fsp3) is 0.579. The summed E-state index contributed by atoms with van der Waals surface area (Å²) >= 11 is 0. The molecular weight excluding hydrogens is 316 g/mol. The summed E-state index contributed by atoms with van der Waals surface area (Å²) in [5, 5.41) is 6.15. The van der Waals surface area contributed by atoms with Gasteiger partial charge in [-0.2, -0.15) is 0 Å². The van der Waals surface area contributed by atoms with E-state index in [-0.39, 0.29) is 18.0 Å². The first-order valence-corrected chi connectivity index (χ1v) is 9.33. The van der Waals surface area contributed by atoms with Gasteiger partial charge in [-0.25, -0.2) is 4.79 Å². The highest BCUT2D eigenvalue weighted by Gasteiger charge is 2.25. The number of piperidine rings is 1. The van der Waals surface area contributed by atoms with E-state index in [1.54, 1.807) is 24.3 Å². The molecule has 1 saturated heterocycles. The molecule has 1 aliphatic heterocycles. The van der Waals surface area contributed by atoms with Crippen LogP contribution in [0.15, 0.2) is 24.3 Å². The fourth-order valence-corrected chi connectivity index (χ4v) is 3.74. The third-order valence-electron chi connectivity index (χ3n) is 5.19. The maximum absolute atomic E-state index is 12.5. The molecule has 1 aliphatic carbocycles. The van der Waals surface area contributed by atoms with Crippen molar-refractivity contribution in [2.45, 2.75) is 57.0 Å². The van der Waals surface area contributed by atoms with Crippen LogP contribution < -0.4 is 16.4 Å². The quantitative estimate of drug-likeness (QED) is 0.736. The highest BCUT2D eigenvalue weighted by Crippen LogP contribution is 2.18. The predicted octanol–water partition coefficient (Wildman–Crippen LogP) is 2.51. The summed E-state index contributed by atoms with van der Waals surface area (Å²) in [5.74, 6) is 0.0115. The Morgan fingerprint density at radius 1 is 0.960 bits per heavy atom. The third-order valence-corrected chi connectivity index (χ3v) is 5.19. The first-order valence-electron chi connectivity index (χ1n) is 9.33. The topological polar surface area (TPSA) is 87.5 Å². The molecule has 136 valence electrons. The van der Waals surface area contributed by atoms with Gasteiger partial charge in [-0.15, -0.1) is 0 Å². The van der Waals surface area contributed by atoms with Crippen LogP contribution >= 0.6 is 0 Å². The van der Waals surface area contributed by atoms with Crippen LogP contribution in [-0.2, 0) is 0 Å². The summed E-state index contributed by atoms with van der Waals surface area (Å²) in [5.41, 5.74) is 6.98. The van der Waals surface area contributed by atoms with E-state index in [0.29, 0.717) is 30.4 Å². The molecule has 1 aromatic rings. The van der Waals surface area contributed by atoms with E-state index < -0.39 is 0 Å². The van der Waals surface area contributed by atoms with Gasteiger partial charge < -0.3 is 21.3 Å². The van der Waals surface area contributed by atoms with Gasteiger partial charge in [0.1, 0.15) is 0 Å². The van der Waals surface area contributed by atoms with Crippen LogP contribution in [0.1, 0.15) is 55.3 Å². The van der Waals surface area contributed by atoms with Crippen molar-refractivity contribution in [3.63, 3.8) is 0 Å². The third kappa shape index (κ3) is 4.87. The van der Waals surface area contributed by atoms with E-state index in [9.17, 15) is 9.59 Å². The number of nitrogens with two attached hydrogens (primary N) is 1. The molecule has 3 amide bonds. The molecule has 1 heterocycles. The van der Waals surface area contributed by atoms with Gasteiger partial charge in [-0.3, -0.25) is 4.79 Å². The Hall–Kier alpha value is -2.24. The van der Waals surface area contributed by atoms with Crippen molar-refractivity contribution in [3.05, 3.63) is 29.8 Å². The molecule has 0 spiro atoms. The van der Waals surface area contributed by atoms with Crippen molar-refractivity contribution in [2.24, 2.45) is 0 Å². The Balaban J connectivity index is 1.43. The number of hydrogen-bond donors (Lipinski definition) is 3. The number of nitrogens with one attached hydrogen (secondary N) is 2. The van der Waals surface area contributed by atoms with Crippen molar-refractivity contribution in [1.29, 1.82) is 0 Å². The lowest BCUT2D eigenvalue weighted by Crippen LogP contribution is -2.51. The van der Waals surface area contributed by atoms with E-state index in [1.165, 1.54) is 19.3 Å². The lowest BCUT2D eigenvalue weighted by atomic mass is 9.96. The van der Waals surface area contributed by atoms with Gasteiger partial charge in [-0.1, -0.05) is 25.3 Å². The average molecular weight is 344 g/mol. The van der Waals surface area contributed by atoms with Gasteiger partial charge in [0, 0.05) is 36.4 Å². The van der Waals surface area contributed by atoms with E-state index in [2.05, 4.69) is 10.6 Å². The van der Waals surface area contributed by atoms with Gasteiger partial charge in [0.25, 0.3) is 5.91 Å². The molecule has 3 rings (SSSR count). The standard InChI is InChI=1S/C19H28N4O2/c20-15-6-4-5-14(13-15)18(24)23-11-9-17(10-12-23)22-19(25)21-16-7-2-1-3-8-16/h4-6,13,16-17H,1-3,7-12,20H2,(H2,21,22,25). The maximum Gasteiger partial charge on any atom is 0.315 e. The Morgan fingerprint density at radius 3 is 2.24 bits per heavy atom. The Labute approximate surface area is 149 Å². The van der Waals surface area contributed by atoms with Gasteiger partial charge in [0.05, 0.1) is 0 Å². The van der Waals surface area contributed by atoms with Crippen LogP contribution in [-0.4, -0.2) is 42.0 Å². The minimum Gasteiger partial charge on any atom is -0.399 e. The maximum atomic E-state index is 12.5. The van der Waals surface area contributed by atoms with E-state index in [4.69, 9.17) is 5.73 Å². The van der Waals surface area contributed by atoms with Gasteiger partial charge >= 0.3 is 6.03 Å². The highest BCUT2D eigenvalue weighted by molar-refractivity contribution is 5.95. The minimum atomic E-state index is -0.0625. The zero-order valence-electron chi connectivity index (χ0n) is 14.7. The van der Waals surface area contributed by atoms with E-state index >= 15 is 0 Å². The molecule has 0 unspecified atom stereocenters. The summed E-state index contributed by atoms with van der Waals surface area (Å²) in [6.07, 6.45) is 7.42. The van der Waals surface area contributed by atoms with Crippen molar-refractivity contribution in [2.75, 3.05) is 18.8 Å². The molecule has 6 nitrogen and oxygen atoms in total. The average Bonchev–Trinajstić information content (AvgIpc) is 2.62. The van der Waals surface area contributed by atoms with Gasteiger partial charge in [0.15, 0.2) is 0 Å². The summed E-state index contributed by atoms with van der Waals surface area (Å²) in [6, 6.07) is 7.47. The number of anilines is 1.